The van der Waals surface area contributed by atoms with Gasteiger partial charge in [-0.15, -0.1) is 0 Å². The molecule has 0 saturated heterocycles. The number of ether oxygens (including phenoxy) is 1. The summed E-state index contributed by atoms with van der Waals surface area (Å²) < 4.78 is 18.3. The van der Waals surface area contributed by atoms with Crippen molar-refractivity contribution in [2.75, 3.05) is 26.2 Å². The maximum absolute atomic E-state index is 12.8. The minimum atomic E-state index is -0.568. The number of benzene rings is 2. The number of rotatable bonds is 6. The smallest absolute Gasteiger partial charge is 0.123 e. The van der Waals surface area contributed by atoms with Crippen molar-refractivity contribution < 1.29 is 14.2 Å². The van der Waals surface area contributed by atoms with Crippen molar-refractivity contribution in [3.8, 4) is 5.75 Å². The maximum Gasteiger partial charge on any atom is 0.123 e. The Morgan fingerprint density at radius 2 is 1.83 bits per heavy atom. The van der Waals surface area contributed by atoms with Crippen LogP contribution in [0.1, 0.15) is 12.0 Å². The summed E-state index contributed by atoms with van der Waals surface area (Å²) in [7, 11) is 0. The largest absolute Gasteiger partial charge is 0.491 e. The standard InChI is InChI=1S/C20H22FNO2/c21-18-6-8-20(9-7-18)24-15-19(23)14-22-12-10-17(11-13-22)16-4-2-1-3-5-16/h1-10,19,23H,11-15H2. The van der Waals surface area contributed by atoms with E-state index >= 15 is 0 Å². The first-order valence-electron chi connectivity index (χ1n) is 8.24. The number of hydrogen-bond acceptors (Lipinski definition) is 3. The molecule has 4 heteroatoms. The highest BCUT2D eigenvalue weighted by Crippen LogP contribution is 2.22. The molecule has 24 heavy (non-hydrogen) atoms. The number of aliphatic hydroxyl groups excluding tert-OH is 1. The van der Waals surface area contributed by atoms with Gasteiger partial charge in [0.15, 0.2) is 0 Å². The Hall–Kier alpha value is -2.17. The SMILES string of the molecule is OC(COc1ccc(F)cc1)CN1CC=C(c2ccccc2)CC1. The van der Waals surface area contributed by atoms with Gasteiger partial charge in [0.05, 0.1) is 0 Å². The first-order valence-corrected chi connectivity index (χ1v) is 8.24. The fraction of sp³-hybridized carbons (Fsp3) is 0.300. The molecule has 2 aromatic rings. The van der Waals surface area contributed by atoms with Gasteiger partial charge in [-0.25, -0.2) is 4.39 Å². The van der Waals surface area contributed by atoms with Gasteiger partial charge in [0.1, 0.15) is 24.3 Å². The molecule has 0 aliphatic carbocycles. The lowest BCUT2D eigenvalue weighted by molar-refractivity contribution is 0.0716. The predicted octanol–water partition coefficient (Wildman–Crippen LogP) is 3.35. The van der Waals surface area contributed by atoms with Gasteiger partial charge in [-0.05, 0) is 41.8 Å². The van der Waals surface area contributed by atoms with Crippen LogP contribution in [-0.2, 0) is 0 Å². The molecule has 126 valence electrons. The molecule has 0 saturated carbocycles. The summed E-state index contributed by atoms with van der Waals surface area (Å²) in [5.74, 6) is 0.276. The highest BCUT2D eigenvalue weighted by molar-refractivity contribution is 5.66. The Kier molecular flexibility index (Phi) is 5.62. The van der Waals surface area contributed by atoms with Gasteiger partial charge >= 0.3 is 0 Å². The van der Waals surface area contributed by atoms with Gasteiger partial charge in [0.25, 0.3) is 0 Å². The Labute approximate surface area is 142 Å². The summed E-state index contributed by atoms with van der Waals surface area (Å²) in [5, 5.41) is 10.1. The molecule has 0 fully saturated rings. The molecule has 1 aliphatic heterocycles. The molecule has 1 heterocycles. The number of halogens is 1. The Bertz CT molecular complexity index is 670. The first kappa shape index (κ1) is 16.7. The minimum Gasteiger partial charge on any atom is -0.491 e. The second-order valence-corrected chi connectivity index (χ2v) is 6.02. The van der Waals surface area contributed by atoms with Crippen molar-refractivity contribution >= 4 is 5.57 Å². The molecular weight excluding hydrogens is 305 g/mol. The molecule has 0 amide bonds. The van der Waals surface area contributed by atoms with Gasteiger partial charge in [0, 0.05) is 19.6 Å². The van der Waals surface area contributed by atoms with Crippen LogP contribution in [0.5, 0.6) is 5.75 Å². The Morgan fingerprint density at radius 1 is 1.08 bits per heavy atom. The normalized spacial score (nSPS) is 16.5. The van der Waals surface area contributed by atoms with Crippen LogP contribution in [0.25, 0.3) is 5.57 Å². The van der Waals surface area contributed by atoms with Gasteiger partial charge in [-0.2, -0.15) is 0 Å². The molecule has 0 radical (unpaired) electrons. The van der Waals surface area contributed by atoms with Crippen molar-refractivity contribution in [2.45, 2.75) is 12.5 Å². The summed E-state index contributed by atoms with van der Waals surface area (Å²) in [6.45, 7) is 2.53. The number of aliphatic hydroxyl groups is 1. The second kappa shape index (κ2) is 8.08. The van der Waals surface area contributed by atoms with Crippen LogP contribution >= 0.6 is 0 Å². The van der Waals surface area contributed by atoms with E-state index in [-0.39, 0.29) is 12.4 Å². The van der Waals surface area contributed by atoms with Crippen LogP contribution in [-0.4, -0.2) is 42.4 Å². The molecule has 2 aromatic carbocycles. The third kappa shape index (κ3) is 4.66. The van der Waals surface area contributed by atoms with E-state index in [1.807, 2.05) is 6.07 Å². The van der Waals surface area contributed by atoms with Crippen LogP contribution < -0.4 is 4.74 Å². The fourth-order valence-electron chi connectivity index (χ4n) is 2.87. The van der Waals surface area contributed by atoms with E-state index in [4.69, 9.17) is 4.74 Å². The van der Waals surface area contributed by atoms with Crippen molar-refractivity contribution in [1.82, 2.24) is 4.90 Å². The lowest BCUT2D eigenvalue weighted by Gasteiger charge is -2.28. The lowest BCUT2D eigenvalue weighted by atomic mass is 9.99. The van der Waals surface area contributed by atoms with E-state index in [1.54, 1.807) is 12.1 Å². The van der Waals surface area contributed by atoms with E-state index in [0.717, 1.165) is 19.5 Å². The van der Waals surface area contributed by atoms with E-state index < -0.39 is 6.10 Å². The summed E-state index contributed by atoms with van der Waals surface area (Å²) in [6, 6.07) is 16.2. The number of nitrogens with zero attached hydrogens (tertiary/aromatic N) is 1. The van der Waals surface area contributed by atoms with Crippen molar-refractivity contribution in [2.24, 2.45) is 0 Å². The Balaban J connectivity index is 1.45. The van der Waals surface area contributed by atoms with Gasteiger partial charge in [-0.3, -0.25) is 4.90 Å². The maximum atomic E-state index is 12.8. The van der Waals surface area contributed by atoms with Gasteiger partial charge < -0.3 is 9.84 Å². The molecule has 3 nitrogen and oxygen atoms in total. The van der Waals surface area contributed by atoms with Gasteiger partial charge in [0.2, 0.25) is 0 Å². The number of hydrogen-bond donors (Lipinski definition) is 1. The first-order chi connectivity index (χ1) is 11.7. The van der Waals surface area contributed by atoms with E-state index in [1.165, 1.54) is 23.3 Å². The van der Waals surface area contributed by atoms with Crippen LogP contribution in [0.3, 0.4) is 0 Å². The van der Waals surface area contributed by atoms with E-state index in [0.29, 0.717) is 12.3 Å². The molecule has 1 aliphatic rings. The molecule has 0 spiro atoms. The van der Waals surface area contributed by atoms with E-state index in [9.17, 15) is 9.50 Å². The highest BCUT2D eigenvalue weighted by atomic mass is 19.1. The molecule has 1 unspecified atom stereocenters. The quantitative estimate of drug-likeness (QED) is 0.883. The zero-order valence-corrected chi connectivity index (χ0v) is 13.6. The molecule has 1 N–H and O–H groups in total. The monoisotopic (exact) mass is 327 g/mol. The molecule has 3 rings (SSSR count). The molecule has 0 bridgehead atoms. The lowest BCUT2D eigenvalue weighted by Crippen LogP contribution is -2.38. The minimum absolute atomic E-state index is 0.206. The summed E-state index contributed by atoms with van der Waals surface area (Å²) in [6.07, 6.45) is 2.64. The Morgan fingerprint density at radius 3 is 2.50 bits per heavy atom. The number of β-amino-alcohol motifs (C(OH)–C–C–N with tert-alkyl or cyclic N) is 1. The summed E-state index contributed by atoms with van der Waals surface area (Å²) in [5.41, 5.74) is 2.64. The van der Waals surface area contributed by atoms with Crippen LogP contribution in [0.4, 0.5) is 4.39 Å². The predicted molar refractivity (Wildman–Crippen MR) is 93.4 cm³/mol. The van der Waals surface area contributed by atoms with Gasteiger partial charge in [-0.1, -0.05) is 36.4 Å². The van der Waals surface area contributed by atoms with E-state index in [2.05, 4.69) is 35.2 Å². The molecular formula is C20H22FNO2. The van der Waals surface area contributed by atoms with Crippen molar-refractivity contribution in [1.29, 1.82) is 0 Å². The topological polar surface area (TPSA) is 32.7 Å². The summed E-state index contributed by atoms with van der Waals surface area (Å²) >= 11 is 0. The third-order valence-electron chi connectivity index (χ3n) is 4.16. The van der Waals surface area contributed by atoms with Crippen LogP contribution in [0.2, 0.25) is 0 Å². The zero-order valence-electron chi connectivity index (χ0n) is 13.6. The van der Waals surface area contributed by atoms with Crippen molar-refractivity contribution in [3.63, 3.8) is 0 Å². The average Bonchev–Trinajstić information content (AvgIpc) is 2.63. The van der Waals surface area contributed by atoms with Crippen LogP contribution in [0, 0.1) is 5.82 Å². The third-order valence-corrected chi connectivity index (χ3v) is 4.16. The highest BCUT2D eigenvalue weighted by Gasteiger charge is 2.16. The second-order valence-electron chi connectivity index (χ2n) is 6.02. The zero-order chi connectivity index (χ0) is 16.8. The van der Waals surface area contributed by atoms with Crippen LogP contribution in [0.15, 0.2) is 60.7 Å². The fourth-order valence-corrected chi connectivity index (χ4v) is 2.87. The average molecular weight is 327 g/mol. The molecule has 0 aromatic heterocycles. The van der Waals surface area contributed by atoms with Crippen molar-refractivity contribution in [3.05, 3.63) is 72.1 Å². The molecule has 1 atom stereocenters. The summed E-state index contributed by atoms with van der Waals surface area (Å²) in [4.78, 5) is 2.21.